The third kappa shape index (κ3) is 4.34. The first-order chi connectivity index (χ1) is 15.7. The quantitative estimate of drug-likeness (QED) is 0.477. The monoisotopic (exact) mass is 422 g/mol. The van der Waals surface area contributed by atoms with Gasteiger partial charge in [0.15, 0.2) is 0 Å². The van der Waals surface area contributed by atoms with E-state index in [2.05, 4.69) is 15.6 Å². The molecule has 2 aromatic heterocycles. The Morgan fingerprint density at radius 1 is 0.969 bits per heavy atom. The highest BCUT2D eigenvalue weighted by atomic mass is 16.2. The van der Waals surface area contributed by atoms with Crippen molar-refractivity contribution < 1.29 is 9.59 Å². The van der Waals surface area contributed by atoms with Crippen LogP contribution >= 0.6 is 0 Å². The van der Waals surface area contributed by atoms with Gasteiger partial charge in [-0.2, -0.15) is 0 Å². The SMILES string of the molecule is O=C(NCc1ccc(NC(=O)C2CC2)cc1)c1cc(-c2cccnc2)nc2ccccc12. The largest absolute Gasteiger partial charge is 0.348 e. The van der Waals surface area contributed by atoms with Crippen LogP contribution in [0.4, 0.5) is 5.69 Å². The van der Waals surface area contributed by atoms with Crippen LogP contribution in [0.15, 0.2) is 79.1 Å². The van der Waals surface area contributed by atoms with Crippen molar-refractivity contribution in [3.05, 3.63) is 90.3 Å². The normalized spacial score (nSPS) is 13.0. The van der Waals surface area contributed by atoms with E-state index in [1.54, 1.807) is 12.4 Å². The lowest BCUT2D eigenvalue weighted by Crippen LogP contribution is -2.23. The number of rotatable bonds is 6. The predicted molar refractivity (Wildman–Crippen MR) is 124 cm³/mol. The lowest BCUT2D eigenvalue weighted by Gasteiger charge is -2.11. The van der Waals surface area contributed by atoms with Gasteiger partial charge in [-0.25, -0.2) is 4.98 Å². The number of carbonyl (C=O) groups excluding carboxylic acids is 2. The number of fused-ring (bicyclic) bond motifs is 1. The summed E-state index contributed by atoms with van der Waals surface area (Å²) in [5.41, 5.74) is 4.62. The maximum atomic E-state index is 13.1. The number of para-hydroxylation sites is 1. The zero-order valence-electron chi connectivity index (χ0n) is 17.4. The Morgan fingerprint density at radius 3 is 2.53 bits per heavy atom. The minimum Gasteiger partial charge on any atom is -0.348 e. The minimum absolute atomic E-state index is 0.0834. The third-order valence-corrected chi connectivity index (χ3v) is 5.54. The summed E-state index contributed by atoms with van der Waals surface area (Å²) in [5.74, 6) is 0.0839. The smallest absolute Gasteiger partial charge is 0.252 e. The van der Waals surface area contributed by atoms with E-state index in [-0.39, 0.29) is 17.7 Å². The number of pyridine rings is 2. The summed E-state index contributed by atoms with van der Waals surface area (Å²) >= 11 is 0. The van der Waals surface area contributed by atoms with Crippen LogP contribution in [0.3, 0.4) is 0 Å². The molecule has 2 heterocycles. The number of hydrogen-bond acceptors (Lipinski definition) is 4. The molecule has 0 radical (unpaired) electrons. The summed E-state index contributed by atoms with van der Waals surface area (Å²) in [5, 5.41) is 6.73. The summed E-state index contributed by atoms with van der Waals surface area (Å²) in [6.07, 6.45) is 5.40. The van der Waals surface area contributed by atoms with Crippen molar-refractivity contribution in [3.8, 4) is 11.3 Å². The third-order valence-electron chi connectivity index (χ3n) is 5.54. The van der Waals surface area contributed by atoms with Crippen LogP contribution in [0.5, 0.6) is 0 Å². The van der Waals surface area contributed by atoms with Crippen molar-refractivity contribution >= 4 is 28.4 Å². The topological polar surface area (TPSA) is 84.0 Å². The Balaban J connectivity index is 1.34. The van der Waals surface area contributed by atoms with Crippen LogP contribution in [0.2, 0.25) is 0 Å². The molecule has 0 saturated heterocycles. The number of nitrogens with one attached hydrogen (secondary N) is 2. The number of hydrogen-bond donors (Lipinski definition) is 2. The van der Waals surface area contributed by atoms with Gasteiger partial charge in [0.2, 0.25) is 5.91 Å². The summed E-state index contributed by atoms with van der Waals surface area (Å²) in [4.78, 5) is 33.9. The molecule has 1 saturated carbocycles. The first-order valence-electron chi connectivity index (χ1n) is 10.7. The van der Waals surface area contributed by atoms with Gasteiger partial charge in [0.1, 0.15) is 0 Å². The Hall–Kier alpha value is -4.06. The van der Waals surface area contributed by atoms with Crippen molar-refractivity contribution in [2.24, 2.45) is 5.92 Å². The van der Waals surface area contributed by atoms with E-state index in [0.717, 1.165) is 40.6 Å². The Bertz CT molecular complexity index is 1280. The molecule has 6 nitrogen and oxygen atoms in total. The maximum Gasteiger partial charge on any atom is 0.252 e. The van der Waals surface area contributed by atoms with Crippen LogP contribution in [-0.4, -0.2) is 21.8 Å². The van der Waals surface area contributed by atoms with Crippen LogP contribution in [0.25, 0.3) is 22.2 Å². The summed E-state index contributed by atoms with van der Waals surface area (Å²) < 4.78 is 0. The fraction of sp³-hybridized carbons (Fsp3) is 0.154. The molecule has 4 aromatic rings. The second-order valence-corrected chi connectivity index (χ2v) is 7.96. The molecule has 2 aromatic carbocycles. The number of anilines is 1. The lowest BCUT2D eigenvalue weighted by molar-refractivity contribution is -0.117. The fourth-order valence-corrected chi connectivity index (χ4v) is 3.60. The van der Waals surface area contributed by atoms with Gasteiger partial charge in [0.05, 0.1) is 16.8 Å². The summed E-state index contributed by atoms with van der Waals surface area (Å²) in [7, 11) is 0. The number of benzene rings is 2. The summed E-state index contributed by atoms with van der Waals surface area (Å²) in [6.45, 7) is 0.383. The summed E-state index contributed by atoms with van der Waals surface area (Å²) in [6, 6.07) is 20.8. The molecule has 0 bridgehead atoms. The highest BCUT2D eigenvalue weighted by Gasteiger charge is 2.29. The number of carbonyl (C=O) groups is 2. The van der Waals surface area contributed by atoms with Gasteiger partial charge in [-0.3, -0.25) is 14.6 Å². The molecular formula is C26H22N4O2. The molecule has 6 heteroatoms. The van der Waals surface area contributed by atoms with E-state index in [1.807, 2.05) is 66.7 Å². The van der Waals surface area contributed by atoms with Gasteiger partial charge in [0, 0.05) is 41.5 Å². The van der Waals surface area contributed by atoms with Crippen molar-refractivity contribution in [2.75, 3.05) is 5.32 Å². The molecule has 0 spiro atoms. The average Bonchev–Trinajstić information content (AvgIpc) is 3.69. The fourth-order valence-electron chi connectivity index (χ4n) is 3.60. The van der Waals surface area contributed by atoms with Gasteiger partial charge in [-0.1, -0.05) is 30.3 Å². The highest BCUT2D eigenvalue weighted by Crippen LogP contribution is 2.30. The van der Waals surface area contributed by atoms with Gasteiger partial charge < -0.3 is 10.6 Å². The molecule has 2 amide bonds. The zero-order chi connectivity index (χ0) is 21.9. The maximum absolute atomic E-state index is 13.1. The van der Waals surface area contributed by atoms with Crippen molar-refractivity contribution in [3.63, 3.8) is 0 Å². The van der Waals surface area contributed by atoms with E-state index in [9.17, 15) is 9.59 Å². The lowest BCUT2D eigenvalue weighted by atomic mass is 10.0. The van der Waals surface area contributed by atoms with E-state index >= 15 is 0 Å². The standard InChI is InChI=1S/C26H22N4O2/c31-25(18-9-10-18)29-20-11-7-17(8-12-20)15-28-26(32)22-14-24(19-4-3-13-27-16-19)30-23-6-2-1-5-21(22)23/h1-8,11-14,16,18H,9-10,15H2,(H,28,32)(H,29,31). The molecule has 1 fully saturated rings. The molecule has 1 aliphatic rings. The van der Waals surface area contributed by atoms with E-state index in [0.29, 0.717) is 17.8 Å². The van der Waals surface area contributed by atoms with E-state index in [4.69, 9.17) is 4.98 Å². The van der Waals surface area contributed by atoms with Crippen molar-refractivity contribution in [2.45, 2.75) is 19.4 Å². The average molecular weight is 422 g/mol. The molecule has 0 atom stereocenters. The molecule has 0 unspecified atom stereocenters. The molecule has 1 aliphatic carbocycles. The Kier molecular flexibility index (Phi) is 5.34. The first-order valence-corrected chi connectivity index (χ1v) is 10.7. The van der Waals surface area contributed by atoms with Gasteiger partial charge in [0.25, 0.3) is 5.91 Å². The second-order valence-electron chi connectivity index (χ2n) is 7.96. The number of nitrogens with zero attached hydrogens (tertiary/aromatic N) is 2. The molecule has 0 aliphatic heterocycles. The van der Waals surface area contributed by atoms with Gasteiger partial charge >= 0.3 is 0 Å². The first kappa shape index (κ1) is 19.9. The van der Waals surface area contributed by atoms with E-state index < -0.39 is 0 Å². The predicted octanol–water partition coefficient (Wildman–Crippen LogP) is 4.58. The van der Waals surface area contributed by atoms with Gasteiger partial charge in [-0.05, 0) is 54.8 Å². The zero-order valence-corrected chi connectivity index (χ0v) is 17.4. The number of amides is 2. The van der Waals surface area contributed by atoms with Crippen LogP contribution in [-0.2, 0) is 11.3 Å². The van der Waals surface area contributed by atoms with Gasteiger partial charge in [-0.15, -0.1) is 0 Å². The number of aromatic nitrogens is 2. The van der Waals surface area contributed by atoms with Crippen LogP contribution in [0, 0.1) is 5.92 Å². The Morgan fingerprint density at radius 2 is 1.78 bits per heavy atom. The molecular weight excluding hydrogens is 400 g/mol. The molecule has 32 heavy (non-hydrogen) atoms. The second kappa shape index (κ2) is 8.59. The van der Waals surface area contributed by atoms with E-state index in [1.165, 1.54) is 0 Å². The molecule has 158 valence electrons. The van der Waals surface area contributed by atoms with Crippen LogP contribution < -0.4 is 10.6 Å². The highest BCUT2D eigenvalue weighted by molar-refractivity contribution is 6.07. The van der Waals surface area contributed by atoms with Crippen molar-refractivity contribution in [1.29, 1.82) is 0 Å². The molecule has 2 N–H and O–H groups in total. The van der Waals surface area contributed by atoms with Crippen molar-refractivity contribution in [1.82, 2.24) is 15.3 Å². The van der Waals surface area contributed by atoms with Crippen LogP contribution in [0.1, 0.15) is 28.8 Å². The minimum atomic E-state index is -0.167. The molecule has 5 rings (SSSR count). The Labute approximate surface area is 185 Å².